The van der Waals surface area contributed by atoms with Crippen molar-refractivity contribution in [2.75, 3.05) is 19.7 Å². The lowest BCUT2D eigenvalue weighted by molar-refractivity contribution is -0.134. The molecular formula is C21H22BrN3O4. The molecule has 1 aliphatic rings. The molecule has 0 aliphatic carbocycles. The number of carbonyl (C=O) groups excluding carboxylic acids is 3. The van der Waals surface area contributed by atoms with Crippen LogP contribution >= 0.6 is 15.9 Å². The second kappa shape index (κ2) is 8.65. The van der Waals surface area contributed by atoms with Gasteiger partial charge in [-0.15, -0.1) is 0 Å². The molecule has 0 aromatic heterocycles. The van der Waals surface area contributed by atoms with Crippen molar-refractivity contribution in [2.45, 2.75) is 19.4 Å². The van der Waals surface area contributed by atoms with Gasteiger partial charge in [-0.05, 0) is 49.2 Å². The summed E-state index contributed by atoms with van der Waals surface area (Å²) in [4.78, 5) is 38.3. The maximum absolute atomic E-state index is 12.9. The highest BCUT2D eigenvalue weighted by Crippen LogP contribution is 2.30. The molecule has 2 N–H and O–H groups in total. The molecule has 2 aromatic carbocycles. The Kier molecular flexibility index (Phi) is 6.22. The summed E-state index contributed by atoms with van der Waals surface area (Å²) >= 11 is 3.37. The van der Waals surface area contributed by atoms with Gasteiger partial charge in [0.1, 0.15) is 24.4 Å². The number of urea groups is 1. The van der Waals surface area contributed by atoms with E-state index in [0.29, 0.717) is 5.56 Å². The molecule has 1 heterocycles. The van der Waals surface area contributed by atoms with Crippen molar-refractivity contribution in [1.82, 2.24) is 15.5 Å². The molecule has 1 unspecified atom stereocenters. The number of amides is 4. The molecular weight excluding hydrogens is 438 g/mol. The van der Waals surface area contributed by atoms with Gasteiger partial charge >= 0.3 is 6.03 Å². The first-order valence-corrected chi connectivity index (χ1v) is 9.95. The van der Waals surface area contributed by atoms with Crippen LogP contribution in [0.1, 0.15) is 18.1 Å². The van der Waals surface area contributed by atoms with Gasteiger partial charge in [-0.25, -0.2) is 4.79 Å². The molecule has 0 spiro atoms. The number of hydrogen-bond acceptors (Lipinski definition) is 4. The first-order chi connectivity index (χ1) is 13.8. The van der Waals surface area contributed by atoms with Gasteiger partial charge in [0.2, 0.25) is 5.91 Å². The standard InChI is InChI=1S/C21H22BrN3O4/c1-14-5-3-8-17(11-14)29-10-9-23-18(26)13-25-19(27)21(2,24-20(25)28)15-6-4-7-16(22)12-15/h3-8,11-12H,9-10,13H2,1-2H3,(H,23,26)(H,24,28). The molecule has 8 heteroatoms. The quantitative estimate of drug-likeness (QED) is 0.492. The van der Waals surface area contributed by atoms with E-state index >= 15 is 0 Å². The van der Waals surface area contributed by atoms with Crippen LogP contribution in [0.2, 0.25) is 0 Å². The number of aryl methyl sites for hydroxylation is 1. The first kappa shape index (κ1) is 20.9. The molecule has 4 amide bonds. The average molecular weight is 460 g/mol. The van der Waals surface area contributed by atoms with Gasteiger partial charge < -0.3 is 15.4 Å². The molecule has 0 bridgehead atoms. The Hall–Kier alpha value is -2.87. The first-order valence-electron chi connectivity index (χ1n) is 9.16. The van der Waals surface area contributed by atoms with Crippen LogP contribution in [0.25, 0.3) is 0 Å². The minimum atomic E-state index is -1.21. The van der Waals surface area contributed by atoms with Crippen molar-refractivity contribution >= 4 is 33.8 Å². The monoisotopic (exact) mass is 459 g/mol. The Morgan fingerprint density at radius 3 is 2.69 bits per heavy atom. The van der Waals surface area contributed by atoms with Gasteiger partial charge in [0.25, 0.3) is 5.91 Å². The number of halogens is 1. The second-order valence-corrected chi connectivity index (χ2v) is 7.89. The van der Waals surface area contributed by atoms with Crippen molar-refractivity contribution in [2.24, 2.45) is 0 Å². The van der Waals surface area contributed by atoms with Crippen LogP contribution in [0.5, 0.6) is 5.75 Å². The van der Waals surface area contributed by atoms with E-state index < -0.39 is 23.4 Å². The number of carbonyl (C=O) groups is 3. The predicted octanol–water partition coefficient (Wildman–Crippen LogP) is 2.72. The fourth-order valence-electron chi connectivity index (χ4n) is 3.10. The van der Waals surface area contributed by atoms with Gasteiger partial charge in [-0.2, -0.15) is 0 Å². The maximum atomic E-state index is 12.9. The van der Waals surface area contributed by atoms with Crippen molar-refractivity contribution in [3.63, 3.8) is 0 Å². The van der Waals surface area contributed by atoms with Crippen LogP contribution in [-0.2, 0) is 15.1 Å². The summed E-state index contributed by atoms with van der Waals surface area (Å²) in [6.07, 6.45) is 0. The molecule has 0 saturated carbocycles. The summed E-state index contributed by atoms with van der Waals surface area (Å²) in [5.41, 5.74) is 0.508. The highest BCUT2D eigenvalue weighted by molar-refractivity contribution is 9.10. The summed E-state index contributed by atoms with van der Waals surface area (Å²) in [5.74, 6) is -0.176. The Morgan fingerprint density at radius 2 is 1.97 bits per heavy atom. The highest BCUT2D eigenvalue weighted by atomic mass is 79.9. The highest BCUT2D eigenvalue weighted by Gasteiger charge is 2.49. The zero-order chi connectivity index (χ0) is 21.0. The van der Waals surface area contributed by atoms with E-state index in [-0.39, 0.29) is 19.7 Å². The molecule has 2 aromatic rings. The zero-order valence-electron chi connectivity index (χ0n) is 16.2. The number of nitrogens with zero attached hydrogens (tertiary/aromatic N) is 1. The van der Waals surface area contributed by atoms with Crippen molar-refractivity contribution in [3.8, 4) is 5.75 Å². The fourth-order valence-corrected chi connectivity index (χ4v) is 3.50. The van der Waals surface area contributed by atoms with Gasteiger partial charge in [-0.3, -0.25) is 14.5 Å². The second-order valence-electron chi connectivity index (χ2n) is 6.97. The molecule has 29 heavy (non-hydrogen) atoms. The summed E-state index contributed by atoms with van der Waals surface area (Å²) in [6.45, 7) is 3.79. The average Bonchev–Trinajstić information content (AvgIpc) is 2.89. The van der Waals surface area contributed by atoms with E-state index in [4.69, 9.17) is 4.74 Å². The van der Waals surface area contributed by atoms with E-state index in [1.807, 2.05) is 37.3 Å². The van der Waals surface area contributed by atoms with Crippen LogP contribution in [0, 0.1) is 6.92 Å². The van der Waals surface area contributed by atoms with Crippen LogP contribution in [0.4, 0.5) is 4.79 Å². The summed E-state index contributed by atoms with van der Waals surface area (Å²) < 4.78 is 6.37. The Balaban J connectivity index is 1.53. The number of nitrogens with one attached hydrogen (secondary N) is 2. The van der Waals surface area contributed by atoms with E-state index in [1.54, 1.807) is 25.1 Å². The third-order valence-electron chi connectivity index (χ3n) is 4.66. The van der Waals surface area contributed by atoms with Crippen molar-refractivity contribution < 1.29 is 19.1 Å². The molecule has 152 valence electrons. The topological polar surface area (TPSA) is 87.7 Å². The molecule has 1 atom stereocenters. The number of ether oxygens (including phenoxy) is 1. The normalized spacial score (nSPS) is 18.5. The van der Waals surface area contributed by atoms with Crippen molar-refractivity contribution in [1.29, 1.82) is 0 Å². The molecule has 7 nitrogen and oxygen atoms in total. The van der Waals surface area contributed by atoms with E-state index in [9.17, 15) is 14.4 Å². The van der Waals surface area contributed by atoms with Gasteiger partial charge in [0.05, 0.1) is 6.54 Å². The van der Waals surface area contributed by atoms with Gasteiger partial charge in [0, 0.05) is 4.47 Å². The van der Waals surface area contributed by atoms with Crippen LogP contribution in [0.3, 0.4) is 0 Å². The Labute approximate surface area is 177 Å². The SMILES string of the molecule is Cc1cccc(OCCNC(=O)CN2C(=O)NC(C)(c3cccc(Br)c3)C2=O)c1. The molecule has 0 radical (unpaired) electrons. The van der Waals surface area contributed by atoms with E-state index in [1.165, 1.54) is 0 Å². The molecule has 1 aliphatic heterocycles. The lowest BCUT2D eigenvalue weighted by Crippen LogP contribution is -2.43. The van der Waals surface area contributed by atoms with E-state index in [2.05, 4.69) is 26.6 Å². The number of imide groups is 1. The van der Waals surface area contributed by atoms with Gasteiger partial charge in [-0.1, -0.05) is 40.2 Å². The smallest absolute Gasteiger partial charge is 0.325 e. The Bertz CT molecular complexity index is 949. The number of benzene rings is 2. The van der Waals surface area contributed by atoms with Crippen LogP contribution in [-0.4, -0.2) is 42.4 Å². The molecule has 1 saturated heterocycles. The van der Waals surface area contributed by atoms with Crippen LogP contribution in [0.15, 0.2) is 53.0 Å². The zero-order valence-corrected chi connectivity index (χ0v) is 17.8. The summed E-state index contributed by atoms with van der Waals surface area (Å²) in [5, 5.41) is 5.35. The number of hydrogen-bond donors (Lipinski definition) is 2. The predicted molar refractivity (Wildman–Crippen MR) is 111 cm³/mol. The number of rotatable bonds is 7. The van der Waals surface area contributed by atoms with E-state index in [0.717, 1.165) is 20.7 Å². The fraction of sp³-hybridized carbons (Fsp3) is 0.286. The third kappa shape index (κ3) is 4.76. The minimum absolute atomic E-state index is 0.263. The lowest BCUT2D eigenvalue weighted by atomic mass is 9.92. The van der Waals surface area contributed by atoms with Crippen molar-refractivity contribution in [3.05, 3.63) is 64.1 Å². The maximum Gasteiger partial charge on any atom is 0.325 e. The Morgan fingerprint density at radius 1 is 1.21 bits per heavy atom. The van der Waals surface area contributed by atoms with Gasteiger partial charge in [0.15, 0.2) is 0 Å². The largest absolute Gasteiger partial charge is 0.492 e. The van der Waals surface area contributed by atoms with Crippen LogP contribution < -0.4 is 15.4 Å². The molecule has 1 fully saturated rings. The summed E-state index contributed by atoms with van der Waals surface area (Å²) in [7, 11) is 0. The lowest BCUT2D eigenvalue weighted by Gasteiger charge is -2.22. The third-order valence-corrected chi connectivity index (χ3v) is 5.15. The molecule has 3 rings (SSSR count). The minimum Gasteiger partial charge on any atom is -0.492 e. The summed E-state index contributed by atoms with van der Waals surface area (Å²) in [6, 6.07) is 14.1.